The summed E-state index contributed by atoms with van der Waals surface area (Å²) in [5.74, 6) is 0. The molecule has 0 aliphatic carbocycles. The molecule has 0 amide bonds. The van der Waals surface area contributed by atoms with Gasteiger partial charge in [-0.25, -0.2) is 0 Å². The average Bonchev–Trinajstić information content (AvgIpc) is 2.64. The minimum atomic E-state index is -0.0113. The fourth-order valence-electron chi connectivity index (χ4n) is 1.66. The van der Waals surface area contributed by atoms with E-state index in [1.54, 1.807) is 18.2 Å². The highest BCUT2D eigenvalue weighted by atomic mass is 16.1. The molecule has 15 heavy (non-hydrogen) atoms. The normalized spacial score (nSPS) is 10.9. The van der Waals surface area contributed by atoms with Gasteiger partial charge in [0.25, 0.3) is 0 Å². The number of fused-ring (bicyclic) bond motifs is 3. The Balaban J connectivity index is 2.63. The van der Waals surface area contributed by atoms with Crippen LogP contribution < -0.4 is 5.43 Å². The highest BCUT2D eigenvalue weighted by Gasteiger charge is 2.01. The van der Waals surface area contributed by atoms with Gasteiger partial charge in [0.05, 0.1) is 0 Å². The molecule has 1 aromatic heterocycles. The molecule has 0 saturated heterocycles. The molecule has 0 spiro atoms. The SMILES string of the molecule is O=c1ccc2ccc3n[nH]nc3c2cc1. The first-order valence-corrected chi connectivity index (χ1v) is 4.58. The van der Waals surface area contributed by atoms with E-state index >= 15 is 0 Å². The lowest BCUT2D eigenvalue weighted by Gasteiger charge is -1.91. The Labute approximate surface area is 84.6 Å². The Hall–Kier alpha value is -2.23. The van der Waals surface area contributed by atoms with Crippen LogP contribution >= 0.6 is 0 Å². The van der Waals surface area contributed by atoms with E-state index in [9.17, 15) is 4.79 Å². The third kappa shape index (κ3) is 1.19. The van der Waals surface area contributed by atoms with Gasteiger partial charge in [-0.05, 0) is 29.7 Å². The summed E-state index contributed by atoms with van der Waals surface area (Å²) < 4.78 is 0. The van der Waals surface area contributed by atoms with Crippen LogP contribution in [0, 0.1) is 0 Å². The number of nitrogens with one attached hydrogen (secondary N) is 1. The summed E-state index contributed by atoms with van der Waals surface area (Å²) in [6.45, 7) is 0. The fourth-order valence-corrected chi connectivity index (χ4v) is 1.66. The second kappa shape index (κ2) is 2.88. The van der Waals surface area contributed by atoms with E-state index in [1.165, 1.54) is 6.07 Å². The quantitative estimate of drug-likeness (QED) is 0.593. The Kier molecular flexibility index (Phi) is 1.56. The van der Waals surface area contributed by atoms with Crippen molar-refractivity contribution in [2.45, 2.75) is 0 Å². The molecule has 72 valence electrons. The predicted octanol–water partition coefficient (Wildman–Crippen LogP) is 1.47. The van der Waals surface area contributed by atoms with Crippen molar-refractivity contribution in [2.24, 2.45) is 0 Å². The standard InChI is InChI=1S/C11H7N3O/c15-8-3-1-7-2-6-10-11(13-14-12-10)9(7)5-4-8/h1-6H,(H,12,13,14). The van der Waals surface area contributed by atoms with Crippen LogP contribution in [0.25, 0.3) is 21.8 Å². The van der Waals surface area contributed by atoms with E-state index < -0.39 is 0 Å². The maximum absolute atomic E-state index is 11.2. The molecule has 1 heterocycles. The second-order valence-electron chi connectivity index (χ2n) is 3.33. The van der Waals surface area contributed by atoms with Crippen molar-refractivity contribution in [3.05, 3.63) is 46.6 Å². The summed E-state index contributed by atoms with van der Waals surface area (Å²) in [6, 6.07) is 10.5. The summed E-state index contributed by atoms with van der Waals surface area (Å²) in [4.78, 5) is 11.2. The summed E-state index contributed by atoms with van der Waals surface area (Å²) in [6.07, 6.45) is 0. The molecule has 0 atom stereocenters. The van der Waals surface area contributed by atoms with Crippen LogP contribution in [0.1, 0.15) is 0 Å². The number of benzene rings is 1. The summed E-state index contributed by atoms with van der Waals surface area (Å²) in [7, 11) is 0. The number of H-pyrrole nitrogens is 1. The van der Waals surface area contributed by atoms with Gasteiger partial charge in [0, 0.05) is 5.39 Å². The van der Waals surface area contributed by atoms with Crippen LogP contribution in [0.3, 0.4) is 0 Å². The van der Waals surface area contributed by atoms with Crippen LogP contribution in [0.4, 0.5) is 0 Å². The van der Waals surface area contributed by atoms with Gasteiger partial charge < -0.3 is 0 Å². The van der Waals surface area contributed by atoms with Crippen LogP contribution in [-0.4, -0.2) is 15.4 Å². The van der Waals surface area contributed by atoms with E-state index in [0.29, 0.717) is 0 Å². The predicted molar refractivity (Wildman–Crippen MR) is 57.7 cm³/mol. The number of aromatic nitrogens is 3. The van der Waals surface area contributed by atoms with Gasteiger partial charge in [0.1, 0.15) is 11.0 Å². The highest BCUT2D eigenvalue weighted by molar-refractivity contribution is 6.03. The molecular formula is C11H7N3O. The second-order valence-corrected chi connectivity index (χ2v) is 3.33. The van der Waals surface area contributed by atoms with Crippen LogP contribution in [-0.2, 0) is 0 Å². The molecule has 0 radical (unpaired) electrons. The highest BCUT2D eigenvalue weighted by Crippen LogP contribution is 2.19. The number of nitrogens with zero attached hydrogens (tertiary/aromatic N) is 2. The number of aromatic amines is 1. The summed E-state index contributed by atoms with van der Waals surface area (Å²) in [5, 5.41) is 12.6. The third-order valence-corrected chi connectivity index (χ3v) is 2.40. The van der Waals surface area contributed by atoms with Crippen molar-refractivity contribution in [1.29, 1.82) is 0 Å². The molecule has 0 saturated carbocycles. The van der Waals surface area contributed by atoms with Gasteiger partial charge in [-0.15, -0.1) is 0 Å². The Morgan fingerprint density at radius 1 is 0.933 bits per heavy atom. The molecule has 4 nitrogen and oxygen atoms in total. The number of hydrogen-bond acceptors (Lipinski definition) is 3. The first-order valence-electron chi connectivity index (χ1n) is 4.58. The van der Waals surface area contributed by atoms with E-state index in [4.69, 9.17) is 0 Å². The Bertz CT molecular complexity index is 703. The van der Waals surface area contributed by atoms with Crippen molar-refractivity contribution in [3.63, 3.8) is 0 Å². The first-order chi connectivity index (χ1) is 7.34. The van der Waals surface area contributed by atoms with Crippen molar-refractivity contribution in [1.82, 2.24) is 15.4 Å². The number of rotatable bonds is 0. The van der Waals surface area contributed by atoms with Gasteiger partial charge in [-0.2, -0.15) is 15.4 Å². The largest absolute Gasteiger partial charge is 0.290 e. The summed E-state index contributed by atoms with van der Waals surface area (Å²) >= 11 is 0. The van der Waals surface area contributed by atoms with Crippen molar-refractivity contribution in [3.8, 4) is 0 Å². The van der Waals surface area contributed by atoms with Crippen molar-refractivity contribution < 1.29 is 0 Å². The maximum atomic E-state index is 11.2. The maximum Gasteiger partial charge on any atom is 0.178 e. The van der Waals surface area contributed by atoms with Crippen molar-refractivity contribution >= 4 is 21.8 Å². The van der Waals surface area contributed by atoms with E-state index in [0.717, 1.165) is 21.8 Å². The molecule has 0 aliphatic rings. The van der Waals surface area contributed by atoms with E-state index in [2.05, 4.69) is 15.4 Å². The fraction of sp³-hybridized carbons (Fsp3) is 0. The zero-order chi connectivity index (χ0) is 10.3. The molecule has 3 aromatic rings. The lowest BCUT2D eigenvalue weighted by atomic mass is 10.1. The first kappa shape index (κ1) is 8.11. The van der Waals surface area contributed by atoms with Crippen LogP contribution in [0.15, 0.2) is 41.2 Å². The Morgan fingerprint density at radius 2 is 1.73 bits per heavy atom. The molecule has 2 aromatic carbocycles. The smallest absolute Gasteiger partial charge is 0.178 e. The lowest BCUT2D eigenvalue weighted by Crippen LogP contribution is -1.87. The zero-order valence-corrected chi connectivity index (χ0v) is 7.77. The molecule has 0 bridgehead atoms. The monoisotopic (exact) mass is 197 g/mol. The van der Waals surface area contributed by atoms with Gasteiger partial charge in [-0.1, -0.05) is 12.1 Å². The Morgan fingerprint density at radius 3 is 2.67 bits per heavy atom. The van der Waals surface area contributed by atoms with Gasteiger partial charge in [0.15, 0.2) is 5.43 Å². The third-order valence-electron chi connectivity index (χ3n) is 2.40. The molecule has 1 N–H and O–H groups in total. The van der Waals surface area contributed by atoms with Gasteiger partial charge >= 0.3 is 0 Å². The summed E-state index contributed by atoms with van der Waals surface area (Å²) in [5.41, 5.74) is 1.59. The molecule has 0 fully saturated rings. The minimum Gasteiger partial charge on any atom is -0.290 e. The van der Waals surface area contributed by atoms with Crippen LogP contribution in [0.2, 0.25) is 0 Å². The molecule has 0 aliphatic heterocycles. The van der Waals surface area contributed by atoms with Gasteiger partial charge in [0.2, 0.25) is 0 Å². The topological polar surface area (TPSA) is 58.6 Å². The molecule has 4 heteroatoms. The minimum absolute atomic E-state index is 0.0113. The molecule has 3 rings (SSSR count). The lowest BCUT2D eigenvalue weighted by molar-refractivity contribution is 0.960. The van der Waals surface area contributed by atoms with Gasteiger partial charge in [-0.3, -0.25) is 4.79 Å². The molecule has 0 unspecified atom stereocenters. The molecular weight excluding hydrogens is 190 g/mol. The van der Waals surface area contributed by atoms with Crippen molar-refractivity contribution in [2.75, 3.05) is 0 Å². The van der Waals surface area contributed by atoms with E-state index in [-0.39, 0.29) is 5.43 Å². The zero-order valence-electron chi connectivity index (χ0n) is 7.77. The van der Waals surface area contributed by atoms with Crippen LogP contribution in [0.5, 0.6) is 0 Å². The number of hydrogen-bond donors (Lipinski definition) is 1. The average molecular weight is 197 g/mol. The van der Waals surface area contributed by atoms with E-state index in [1.807, 2.05) is 12.1 Å².